The highest BCUT2D eigenvalue weighted by molar-refractivity contribution is 5.01. The number of piperazine rings is 1. The second-order valence-electron chi connectivity index (χ2n) is 6.92. The van der Waals surface area contributed by atoms with Gasteiger partial charge >= 0.3 is 0 Å². The summed E-state index contributed by atoms with van der Waals surface area (Å²) in [5.74, 6) is 0.707. The van der Waals surface area contributed by atoms with E-state index < -0.39 is 0 Å². The largest absolute Gasteiger partial charge is 0.308 e. The number of nitrogens with one attached hydrogen (secondary N) is 1. The molecule has 1 saturated heterocycles. The molecule has 112 valence electrons. The molecule has 4 nitrogen and oxygen atoms in total. The standard InChI is InChI=1S/C16H28N4/c1-14(2)15-12-17-16(6-3-4-7-16)13-19(15)10-11-20-9-5-8-18-20/h5,8-9,14-15,17H,3-4,6-7,10-13H2,1-2H3. The molecule has 4 heteroatoms. The molecular formula is C16H28N4. The summed E-state index contributed by atoms with van der Waals surface area (Å²) < 4.78 is 2.06. The lowest BCUT2D eigenvalue weighted by molar-refractivity contribution is 0.0535. The van der Waals surface area contributed by atoms with Crippen molar-refractivity contribution in [1.29, 1.82) is 0 Å². The van der Waals surface area contributed by atoms with Crippen molar-refractivity contribution >= 4 is 0 Å². The molecule has 3 rings (SSSR count). The summed E-state index contributed by atoms with van der Waals surface area (Å²) in [6.07, 6.45) is 9.44. The van der Waals surface area contributed by atoms with E-state index in [1.165, 1.54) is 32.2 Å². The van der Waals surface area contributed by atoms with E-state index in [0.29, 0.717) is 17.5 Å². The molecular weight excluding hydrogens is 248 g/mol. The second kappa shape index (κ2) is 5.86. The van der Waals surface area contributed by atoms with Crippen LogP contribution >= 0.6 is 0 Å². The first-order valence-electron chi connectivity index (χ1n) is 8.15. The van der Waals surface area contributed by atoms with E-state index in [1.54, 1.807) is 0 Å². The van der Waals surface area contributed by atoms with Crippen molar-refractivity contribution in [2.45, 2.75) is 57.7 Å². The van der Waals surface area contributed by atoms with Gasteiger partial charge in [0, 0.05) is 43.6 Å². The summed E-state index contributed by atoms with van der Waals surface area (Å²) in [4.78, 5) is 2.72. The Morgan fingerprint density at radius 3 is 2.75 bits per heavy atom. The van der Waals surface area contributed by atoms with Crippen LogP contribution in [0.15, 0.2) is 18.5 Å². The minimum atomic E-state index is 0.412. The maximum absolute atomic E-state index is 4.33. The Morgan fingerprint density at radius 1 is 1.30 bits per heavy atom. The van der Waals surface area contributed by atoms with Crippen molar-refractivity contribution in [3.8, 4) is 0 Å². The van der Waals surface area contributed by atoms with Crippen molar-refractivity contribution in [3.05, 3.63) is 18.5 Å². The van der Waals surface area contributed by atoms with Crippen LogP contribution in [-0.2, 0) is 6.54 Å². The summed E-state index contributed by atoms with van der Waals surface area (Å²) in [5.41, 5.74) is 0.412. The summed E-state index contributed by atoms with van der Waals surface area (Å²) >= 11 is 0. The molecule has 0 amide bonds. The number of hydrogen-bond donors (Lipinski definition) is 1. The van der Waals surface area contributed by atoms with Gasteiger partial charge in [-0.3, -0.25) is 9.58 Å². The van der Waals surface area contributed by atoms with Crippen LogP contribution in [0.4, 0.5) is 0 Å². The Morgan fingerprint density at radius 2 is 2.10 bits per heavy atom. The molecule has 0 aromatic carbocycles. The molecule has 0 radical (unpaired) electrons. The van der Waals surface area contributed by atoms with Crippen LogP contribution in [0.5, 0.6) is 0 Å². The van der Waals surface area contributed by atoms with Crippen LogP contribution < -0.4 is 5.32 Å². The van der Waals surface area contributed by atoms with Gasteiger partial charge in [0.15, 0.2) is 0 Å². The Balaban J connectivity index is 1.65. The quantitative estimate of drug-likeness (QED) is 0.914. The molecule has 1 saturated carbocycles. The van der Waals surface area contributed by atoms with Gasteiger partial charge in [0.25, 0.3) is 0 Å². The third-order valence-corrected chi connectivity index (χ3v) is 5.17. The molecule has 1 atom stereocenters. The van der Waals surface area contributed by atoms with Crippen molar-refractivity contribution < 1.29 is 0 Å². The predicted molar refractivity (Wildman–Crippen MR) is 81.6 cm³/mol. The Labute approximate surface area is 122 Å². The van der Waals surface area contributed by atoms with Crippen molar-refractivity contribution in [2.24, 2.45) is 5.92 Å². The lowest BCUT2D eigenvalue weighted by Gasteiger charge is -2.48. The highest BCUT2D eigenvalue weighted by Crippen LogP contribution is 2.34. The molecule has 1 spiro atoms. The van der Waals surface area contributed by atoms with E-state index in [-0.39, 0.29) is 0 Å². The van der Waals surface area contributed by atoms with E-state index in [1.807, 2.05) is 12.3 Å². The molecule has 1 N–H and O–H groups in total. The van der Waals surface area contributed by atoms with Crippen LogP contribution in [0, 0.1) is 5.92 Å². The summed E-state index contributed by atoms with van der Waals surface area (Å²) in [5, 5.41) is 8.22. The van der Waals surface area contributed by atoms with Gasteiger partial charge in [-0.05, 0) is 24.8 Å². The summed E-state index contributed by atoms with van der Waals surface area (Å²) in [6.45, 7) is 9.19. The molecule has 1 aromatic heterocycles. The van der Waals surface area contributed by atoms with Crippen LogP contribution in [-0.4, -0.2) is 45.9 Å². The number of hydrogen-bond acceptors (Lipinski definition) is 3. The number of aromatic nitrogens is 2. The summed E-state index contributed by atoms with van der Waals surface area (Å²) in [6, 6.07) is 2.67. The van der Waals surface area contributed by atoms with Gasteiger partial charge < -0.3 is 5.32 Å². The lowest BCUT2D eigenvalue weighted by atomic mass is 9.89. The minimum absolute atomic E-state index is 0.412. The Bertz CT molecular complexity index is 406. The van der Waals surface area contributed by atoms with Crippen molar-refractivity contribution in [1.82, 2.24) is 20.0 Å². The topological polar surface area (TPSA) is 33.1 Å². The average molecular weight is 276 g/mol. The smallest absolute Gasteiger partial charge is 0.0536 e. The van der Waals surface area contributed by atoms with Gasteiger partial charge in [-0.1, -0.05) is 26.7 Å². The number of nitrogens with zero attached hydrogens (tertiary/aromatic N) is 3. The third-order valence-electron chi connectivity index (χ3n) is 5.17. The van der Waals surface area contributed by atoms with Crippen molar-refractivity contribution in [2.75, 3.05) is 19.6 Å². The number of rotatable bonds is 4. The molecule has 1 unspecified atom stereocenters. The molecule has 2 aliphatic rings. The first kappa shape index (κ1) is 14.1. The van der Waals surface area contributed by atoms with Crippen LogP contribution in [0.1, 0.15) is 39.5 Å². The fraction of sp³-hybridized carbons (Fsp3) is 0.812. The van der Waals surface area contributed by atoms with Gasteiger partial charge in [0.1, 0.15) is 0 Å². The zero-order chi connectivity index (χ0) is 14.0. The van der Waals surface area contributed by atoms with Crippen LogP contribution in [0.25, 0.3) is 0 Å². The van der Waals surface area contributed by atoms with Gasteiger partial charge in [0.05, 0.1) is 6.54 Å². The molecule has 2 fully saturated rings. The lowest BCUT2D eigenvalue weighted by Crippen LogP contribution is -2.64. The molecule has 2 heterocycles. The highest BCUT2D eigenvalue weighted by atomic mass is 15.3. The van der Waals surface area contributed by atoms with E-state index >= 15 is 0 Å². The fourth-order valence-corrected chi connectivity index (χ4v) is 3.96. The van der Waals surface area contributed by atoms with E-state index in [2.05, 4.69) is 40.0 Å². The average Bonchev–Trinajstić information content (AvgIpc) is 3.08. The van der Waals surface area contributed by atoms with Crippen molar-refractivity contribution in [3.63, 3.8) is 0 Å². The van der Waals surface area contributed by atoms with Gasteiger partial charge in [-0.2, -0.15) is 5.10 Å². The molecule has 20 heavy (non-hydrogen) atoms. The SMILES string of the molecule is CC(C)C1CNC2(CCCC2)CN1CCn1cccn1. The van der Waals surface area contributed by atoms with Gasteiger partial charge in [-0.25, -0.2) is 0 Å². The van der Waals surface area contributed by atoms with E-state index in [4.69, 9.17) is 0 Å². The van der Waals surface area contributed by atoms with Gasteiger partial charge in [-0.15, -0.1) is 0 Å². The fourth-order valence-electron chi connectivity index (χ4n) is 3.96. The molecule has 0 bridgehead atoms. The Hall–Kier alpha value is -0.870. The van der Waals surface area contributed by atoms with Crippen LogP contribution in [0.3, 0.4) is 0 Å². The van der Waals surface area contributed by atoms with Gasteiger partial charge in [0.2, 0.25) is 0 Å². The van der Waals surface area contributed by atoms with E-state index in [9.17, 15) is 0 Å². The molecule has 1 aliphatic heterocycles. The van der Waals surface area contributed by atoms with Crippen LogP contribution in [0.2, 0.25) is 0 Å². The zero-order valence-corrected chi connectivity index (χ0v) is 12.9. The second-order valence-corrected chi connectivity index (χ2v) is 6.92. The summed E-state index contributed by atoms with van der Waals surface area (Å²) in [7, 11) is 0. The highest BCUT2D eigenvalue weighted by Gasteiger charge is 2.41. The maximum atomic E-state index is 4.33. The third kappa shape index (κ3) is 2.91. The predicted octanol–water partition coefficient (Wildman–Crippen LogP) is 2.13. The maximum Gasteiger partial charge on any atom is 0.0536 e. The molecule has 1 aromatic rings. The zero-order valence-electron chi connectivity index (χ0n) is 12.9. The van der Waals surface area contributed by atoms with E-state index in [0.717, 1.165) is 19.6 Å². The first-order valence-corrected chi connectivity index (χ1v) is 8.15. The normalized spacial score (nSPS) is 26.6. The minimum Gasteiger partial charge on any atom is -0.308 e. The monoisotopic (exact) mass is 276 g/mol. The first-order chi connectivity index (χ1) is 9.69. The Kier molecular flexibility index (Phi) is 4.13. The molecule has 1 aliphatic carbocycles.